The molecule has 0 aromatic carbocycles. The van der Waals surface area contributed by atoms with Crippen molar-refractivity contribution in [2.45, 2.75) is 39.4 Å². The molecule has 1 N–H and O–H groups in total. The van der Waals surface area contributed by atoms with Gasteiger partial charge in [-0.3, -0.25) is 14.6 Å². The topological polar surface area (TPSA) is 90.4 Å². The van der Waals surface area contributed by atoms with E-state index in [0.29, 0.717) is 23.2 Å². The highest BCUT2D eigenvalue weighted by molar-refractivity contribution is 5.94. The second-order valence-electron chi connectivity index (χ2n) is 6.27. The number of ether oxygens (including phenoxy) is 2. The molecule has 0 aliphatic heterocycles. The molecule has 2 heterocycles. The highest BCUT2D eigenvalue weighted by Gasteiger charge is 2.29. The number of halogens is 3. The minimum atomic E-state index is -4.50. The number of alkyl halides is 3. The van der Waals surface area contributed by atoms with Gasteiger partial charge in [0.1, 0.15) is 5.78 Å². The van der Waals surface area contributed by atoms with E-state index in [1.54, 1.807) is 19.9 Å². The highest BCUT2D eigenvalue weighted by atomic mass is 19.4. The highest BCUT2D eigenvalue weighted by Crippen LogP contribution is 2.27. The van der Waals surface area contributed by atoms with Crippen LogP contribution in [0.1, 0.15) is 41.9 Å². The number of carbonyl (C=O) groups is 2. The lowest BCUT2D eigenvalue weighted by molar-refractivity contribution is -0.154. The molecule has 162 valence electrons. The first-order valence-electron chi connectivity index (χ1n) is 9.28. The Labute approximate surface area is 171 Å². The van der Waals surface area contributed by atoms with Crippen LogP contribution >= 0.6 is 0 Å². The van der Waals surface area contributed by atoms with Crippen molar-refractivity contribution in [2.75, 3.05) is 13.2 Å². The summed E-state index contributed by atoms with van der Waals surface area (Å²) >= 11 is 0. The van der Waals surface area contributed by atoms with Crippen LogP contribution in [0.5, 0.6) is 11.6 Å². The Kier molecular flexibility index (Phi) is 8.14. The number of carbonyl (C=O) groups excluding carboxylic acids is 2. The number of hydrogen-bond acceptors (Lipinski definition) is 6. The van der Waals surface area contributed by atoms with Crippen LogP contribution in [0, 0.1) is 0 Å². The number of hydrogen-bond donors (Lipinski definition) is 1. The van der Waals surface area contributed by atoms with Gasteiger partial charge in [0.05, 0.1) is 6.61 Å². The molecule has 0 spiro atoms. The lowest BCUT2D eigenvalue weighted by Gasteiger charge is -2.13. The number of aromatic nitrogens is 2. The van der Waals surface area contributed by atoms with Gasteiger partial charge in [0.25, 0.3) is 11.8 Å². The summed E-state index contributed by atoms with van der Waals surface area (Å²) in [4.78, 5) is 31.9. The summed E-state index contributed by atoms with van der Waals surface area (Å²) in [5, 5.41) is 2.69. The van der Waals surface area contributed by atoms with E-state index < -0.39 is 18.7 Å². The summed E-state index contributed by atoms with van der Waals surface area (Å²) in [6.45, 7) is 2.21. The average molecular weight is 425 g/mol. The van der Waals surface area contributed by atoms with Crippen LogP contribution in [0.4, 0.5) is 13.2 Å². The van der Waals surface area contributed by atoms with E-state index in [4.69, 9.17) is 4.74 Å². The van der Waals surface area contributed by atoms with E-state index in [1.165, 1.54) is 24.5 Å². The Morgan fingerprint density at radius 1 is 1.13 bits per heavy atom. The van der Waals surface area contributed by atoms with Crippen LogP contribution in [-0.4, -0.2) is 41.0 Å². The Morgan fingerprint density at radius 2 is 1.90 bits per heavy atom. The van der Waals surface area contributed by atoms with Gasteiger partial charge in [-0.2, -0.15) is 13.2 Å². The summed E-state index contributed by atoms with van der Waals surface area (Å²) in [5.41, 5.74) is 1.36. The summed E-state index contributed by atoms with van der Waals surface area (Å²) in [6, 6.07) is 4.52. The molecular weight excluding hydrogens is 403 g/mol. The first kappa shape index (κ1) is 23.1. The fourth-order valence-corrected chi connectivity index (χ4v) is 2.41. The molecular formula is C20H22F3N3O4. The van der Waals surface area contributed by atoms with Crippen molar-refractivity contribution < 1.29 is 32.2 Å². The Morgan fingerprint density at radius 3 is 2.57 bits per heavy atom. The van der Waals surface area contributed by atoms with Gasteiger partial charge in [-0.25, -0.2) is 4.98 Å². The van der Waals surface area contributed by atoms with Gasteiger partial charge >= 0.3 is 6.18 Å². The summed E-state index contributed by atoms with van der Waals surface area (Å²) in [6.07, 6.45) is -1.21. The van der Waals surface area contributed by atoms with E-state index in [2.05, 4.69) is 20.0 Å². The number of ketones is 1. The Bertz CT molecular complexity index is 888. The smallest absolute Gasteiger partial charge is 0.422 e. The van der Waals surface area contributed by atoms with E-state index in [1.807, 2.05) is 0 Å². The van der Waals surface area contributed by atoms with E-state index in [0.717, 1.165) is 0 Å². The third-order valence-electron chi connectivity index (χ3n) is 3.85. The molecule has 0 fully saturated rings. The molecule has 0 unspecified atom stereocenters. The molecule has 1 amide bonds. The summed E-state index contributed by atoms with van der Waals surface area (Å²) in [5.74, 6) is -0.596. The Balaban J connectivity index is 2.04. The molecule has 7 nitrogen and oxygen atoms in total. The molecule has 10 heteroatoms. The molecule has 0 bridgehead atoms. The van der Waals surface area contributed by atoms with Gasteiger partial charge in [-0.15, -0.1) is 0 Å². The van der Waals surface area contributed by atoms with Gasteiger partial charge in [0.15, 0.2) is 12.4 Å². The molecule has 0 aliphatic carbocycles. The van der Waals surface area contributed by atoms with E-state index in [-0.39, 0.29) is 37.0 Å². The molecule has 0 saturated heterocycles. The van der Waals surface area contributed by atoms with Crippen molar-refractivity contribution in [2.24, 2.45) is 0 Å². The predicted octanol–water partition coefficient (Wildman–Crippen LogP) is 3.27. The lowest BCUT2D eigenvalue weighted by Crippen LogP contribution is -2.23. The maximum atomic E-state index is 12.4. The van der Waals surface area contributed by atoms with Gasteiger partial charge < -0.3 is 14.8 Å². The van der Waals surface area contributed by atoms with Crippen LogP contribution in [0.25, 0.3) is 0 Å². The van der Waals surface area contributed by atoms with Gasteiger partial charge in [0.2, 0.25) is 0 Å². The fourth-order valence-electron chi connectivity index (χ4n) is 2.41. The third kappa shape index (κ3) is 7.34. The fraction of sp³-hybridized carbons (Fsp3) is 0.400. The number of Topliss-reactive ketones (excluding diaryl/α,β-unsaturated/α-hetero) is 1. The normalized spacial score (nSPS) is 11.1. The zero-order valence-corrected chi connectivity index (χ0v) is 16.6. The molecule has 2 rings (SSSR count). The first-order valence-corrected chi connectivity index (χ1v) is 9.28. The number of nitrogens with zero attached hydrogens (tertiary/aromatic N) is 2. The molecule has 2 aromatic rings. The molecule has 30 heavy (non-hydrogen) atoms. The van der Waals surface area contributed by atoms with Crippen LogP contribution in [-0.2, 0) is 17.8 Å². The minimum Gasteiger partial charge on any atom is -0.488 e. The lowest BCUT2D eigenvalue weighted by atomic mass is 10.1. The average Bonchev–Trinajstić information content (AvgIpc) is 2.71. The second kappa shape index (κ2) is 10.6. The first-order chi connectivity index (χ1) is 14.2. The quantitative estimate of drug-likeness (QED) is 0.628. The van der Waals surface area contributed by atoms with Crippen molar-refractivity contribution in [3.05, 3.63) is 47.4 Å². The van der Waals surface area contributed by atoms with Crippen LogP contribution < -0.4 is 14.8 Å². The van der Waals surface area contributed by atoms with Crippen LogP contribution in [0.2, 0.25) is 0 Å². The predicted molar refractivity (Wildman–Crippen MR) is 101 cm³/mol. The Hall–Kier alpha value is -3.17. The molecule has 0 aliphatic rings. The van der Waals surface area contributed by atoms with Gasteiger partial charge in [0, 0.05) is 43.0 Å². The van der Waals surface area contributed by atoms with Crippen molar-refractivity contribution in [3.8, 4) is 11.6 Å². The summed E-state index contributed by atoms with van der Waals surface area (Å²) in [7, 11) is 0. The van der Waals surface area contributed by atoms with Gasteiger partial charge in [-0.1, -0.05) is 6.92 Å². The van der Waals surface area contributed by atoms with Crippen molar-refractivity contribution >= 4 is 11.7 Å². The zero-order chi connectivity index (χ0) is 22.1. The third-order valence-corrected chi connectivity index (χ3v) is 3.85. The standard InChI is InChI=1S/C20H22F3N3O4/c1-3-16(27)9-15-8-14(5-6-24-15)18(28)25-10-13-7-17(29-4-2)19(26-11-13)30-12-20(21,22)23/h5-8,11H,3-4,9-10,12H2,1-2H3,(H,25,28). The SMILES string of the molecule is CCOc1cc(CNC(=O)c2ccnc(CC(=O)CC)c2)cnc1OCC(F)(F)F. The molecule has 2 aromatic heterocycles. The monoisotopic (exact) mass is 425 g/mol. The minimum absolute atomic E-state index is 0.0161. The van der Waals surface area contributed by atoms with E-state index in [9.17, 15) is 22.8 Å². The molecule has 0 saturated carbocycles. The maximum absolute atomic E-state index is 12.4. The van der Waals surface area contributed by atoms with Crippen LogP contribution in [0.15, 0.2) is 30.6 Å². The van der Waals surface area contributed by atoms with Crippen LogP contribution in [0.3, 0.4) is 0 Å². The van der Waals surface area contributed by atoms with Crippen molar-refractivity contribution in [1.29, 1.82) is 0 Å². The second-order valence-corrected chi connectivity index (χ2v) is 6.27. The van der Waals surface area contributed by atoms with E-state index >= 15 is 0 Å². The van der Waals surface area contributed by atoms with Crippen molar-refractivity contribution in [1.82, 2.24) is 15.3 Å². The number of pyridine rings is 2. The van der Waals surface area contributed by atoms with Gasteiger partial charge in [-0.05, 0) is 30.7 Å². The van der Waals surface area contributed by atoms with Crippen molar-refractivity contribution in [3.63, 3.8) is 0 Å². The zero-order valence-electron chi connectivity index (χ0n) is 16.6. The number of rotatable bonds is 10. The maximum Gasteiger partial charge on any atom is 0.422 e. The number of amides is 1. The molecule has 0 radical (unpaired) electrons. The largest absolute Gasteiger partial charge is 0.488 e. The number of nitrogens with one attached hydrogen (secondary N) is 1. The summed E-state index contributed by atoms with van der Waals surface area (Å²) < 4.78 is 47.1. The molecule has 0 atom stereocenters.